The van der Waals surface area contributed by atoms with E-state index in [4.69, 9.17) is 0 Å². The monoisotopic (exact) mass is 366 g/mol. The lowest BCUT2D eigenvalue weighted by molar-refractivity contribution is -0.129. The summed E-state index contributed by atoms with van der Waals surface area (Å²) < 4.78 is 2.26. The standard InChI is InChI=1S/C23H30N2O2/c1-16(2)14-24(4)22(27)13-19-17(3)25(15-18-9-6-5-7-10-18)20-11-8-12-21(26)23(19)20/h5-7,9-10,16H,8,11-15H2,1-4H3. The van der Waals surface area contributed by atoms with Crippen LogP contribution in [0.15, 0.2) is 30.3 Å². The van der Waals surface area contributed by atoms with E-state index in [0.717, 1.165) is 48.4 Å². The molecule has 0 bridgehead atoms. The first-order valence-electron chi connectivity index (χ1n) is 9.90. The molecule has 4 nitrogen and oxygen atoms in total. The van der Waals surface area contributed by atoms with Gasteiger partial charge in [-0.15, -0.1) is 0 Å². The average molecular weight is 367 g/mol. The van der Waals surface area contributed by atoms with Crippen molar-refractivity contribution in [3.8, 4) is 0 Å². The molecule has 3 rings (SSSR count). The van der Waals surface area contributed by atoms with Crippen molar-refractivity contribution in [2.24, 2.45) is 5.92 Å². The van der Waals surface area contributed by atoms with Crippen LogP contribution in [-0.4, -0.2) is 34.7 Å². The molecule has 0 saturated carbocycles. The fourth-order valence-electron chi connectivity index (χ4n) is 4.12. The smallest absolute Gasteiger partial charge is 0.226 e. The Morgan fingerprint density at radius 3 is 2.56 bits per heavy atom. The molecular weight excluding hydrogens is 336 g/mol. The summed E-state index contributed by atoms with van der Waals surface area (Å²) in [6.07, 6.45) is 2.70. The van der Waals surface area contributed by atoms with E-state index in [2.05, 4.69) is 37.5 Å². The molecule has 1 heterocycles. The number of carbonyl (C=O) groups is 2. The van der Waals surface area contributed by atoms with Crippen LogP contribution in [0.3, 0.4) is 0 Å². The molecule has 1 aliphatic rings. The van der Waals surface area contributed by atoms with E-state index >= 15 is 0 Å². The maximum atomic E-state index is 12.8. The van der Waals surface area contributed by atoms with Gasteiger partial charge in [-0.3, -0.25) is 9.59 Å². The van der Waals surface area contributed by atoms with E-state index in [1.54, 1.807) is 4.90 Å². The first-order valence-corrected chi connectivity index (χ1v) is 9.90. The molecule has 1 aromatic carbocycles. The number of ketones is 1. The topological polar surface area (TPSA) is 42.3 Å². The van der Waals surface area contributed by atoms with E-state index in [0.29, 0.717) is 18.8 Å². The summed E-state index contributed by atoms with van der Waals surface area (Å²) in [5.41, 5.74) is 5.14. The summed E-state index contributed by atoms with van der Waals surface area (Å²) in [6, 6.07) is 10.3. The number of aromatic nitrogens is 1. The van der Waals surface area contributed by atoms with Crippen molar-refractivity contribution in [2.75, 3.05) is 13.6 Å². The summed E-state index contributed by atoms with van der Waals surface area (Å²) in [5.74, 6) is 0.712. The lowest BCUT2D eigenvalue weighted by Gasteiger charge is -2.20. The molecule has 0 unspecified atom stereocenters. The third-order valence-corrected chi connectivity index (χ3v) is 5.43. The van der Waals surface area contributed by atoms with Crippen LogP contribution in [-0.2, 0) is 24.2 Å². The molecule has 1 aromatic heterocycles. The Kier molecular flexibility index (Phi) is 5.83. The van der Waals surface area contributed by atoms with Gasteiger partial charge < -0.3 is 9.47 Å². The Hall–Kier alpha value is -2.36. The van der Waals surface area contributed by atoms with Gasteiger partial charge in [-0.1, -0.05) is 44.2 Å². The first kappa shape index (κ1) is 19.4. The van der Waals surface area contributed by atoms with E-state index in [1.807, 2.05) is 25.2 Å². The molecule has 0 fully saturated rings. The number of fused-ring (bicyclic) bond motifs is 1. The molecule has 1 aliphatic carbocycles. The van der Waals surface area contributed by atoms with Crippen LogP contribution in [0.5, 0.6) is 0 Å². The Balaban J connectivity index is 1.96. The fraction of sp³-hybridized carbons (Fsp3) is 0.478. The van der Waals surface area contributed by atoms with Crippen molar-refractivity contribution < 1.29 is 9.59 Å². The van der Waals surface area contributed by atoms with Gasteiger partial charge >= 0.3 is 0 Å². The maximum absolute atomic E-state index is 12.8. The van der Waals surface area contributed by atoms with E-state index in [-0.39, 0.29) is 11.7 Å². The summed E-state index contributed by atoms with van der Waals surface area (Å²) in [7, 11) is 1.85. The van der Waals surface area contributed by atoms with E-state index in [9.17, 15) is 9.59 Å². The zero-order valence-electron chi connectivity index (χ0n) is 16.9. The number of nitrogens with zero attached hydrogens (tertiary/aromatic N) is 2. The largest absolute Gasteiger partial charge is 0.345 e. The second-order valence-electron chi connectivity index (χ2n) is 8.08. The molecule has 0 N–H and O–H groups in total. The minimum Gasteiger partial charge on any atom is -0.345 e. The molecular formula is C23H30N2O2. The number of likely N-dealkylation sites (N-methyl/N-ethyl adjacent to an activating group) is 1. The molecule has 0 radical (unpaired) electrons. The van der Waals surface area contributed by atoms with Crippen LogP contribution in [0.4, 0.5) is 0 Å². The molecule has 1 amide bonds. The van der Waals surface area contributed by atoms with Crippen LogP contribution in [0.2, 0.25) is 0 Å². The van der Waals surface area contributed by atoms with E-state index in [1.165, 1.54) is 5.56 Å². The highest BCUT2D eigenvalue weighted by molar-refractivity contribution is 6.01. The molecule has 4 heteroatoms. The van der Waals surface area contributed by atoms with Gasteiger partial charge in [0.1, 0.15) is 0 Å². The minimum absolute atomic E-state index is 0.0878. The summed E-state index contributed by atoms with van der Waals surface area (Å²) in [4.78, 5) is 27.3. The van der Waals surface area contributed by atoms with Crippen LogP contribution >= 0.6 is 0 Å². The Morgan fingerprint density at radius 1 is 1.19 bits per heavy atom. The van der Waals surface area contributed by atoms with Gasteiger partial charge in [0.15, 0.2) is 5.78 Å². The zero-order chi connectivity index (χ0) is 19.6. The lowest BCUT2D eigenvalue weighted by Crippen LogP contribution is -2.32. The van der Waals surface area contributed by atoms with Gasteiger partial charge in [0.2, 0.25) is 5.91 Å². The Bertz CT molecular complexity index is 834. The maximum Gasteiger partial charge on any atom is 0.226 e. The second kappa shape index (κ2) is 8.12. The molecule has 27 heavy (non-hydrogen) atoms. The van der Waals surface area contributed by atoms with Crippen LogP contribution in [0.1, 0.15) is 59.6 Å². The van der Waals surface area contributed by atoms with Crippen LogP contribution in [0.25, 0.3) is 0 Å². The molecule has 0 spiro atoms. The highest BCUT2D eigenvalue weighted by Gasteiger charge is 2.29. The van der Waals surface area contributed by atoms with E-state index < -0.39 is 0 Å². The fourth-order valence-corrected chi connectivity index (χ4v) is 4.12. The summed E-state index contributed by atoms with van der Waals surface area (Å²) in [6.45, 7) is 7.75. The van der Waals surface area contributed by atoms with Gasteiger partial charge in [-0.25, -0.2) is 0 Å². The first-order chi connectivity index (χ1) is 12.9. The number of benzene rings is 1. The van der Waals surface area contributed by atoms with Crippen molar-refractivity contribution in [3.05, 3.63) is 58.4 Å². The normalized spacial score (nSPS) is 13.7. The number of Topliss-reactive ketones (excluding diaryl/α,β-unsaturated/α-hetero) is 1. The highest BCUT2D eigenvalue weighted by atomic mass is 16.2. The lowest BCUT2D eigenvalue weighted by atomic mass is 9.92. The highest BCUT2D eigenvalue weighted by Crippen LogP contribution is 2.31. The van der Waals surface area contributed by atoms with Gasteiger partial charge in [0.25, 0.3) is 0 Å². The van der Waals surface area contributed by atoms with Gasteiger partial charge in [-0.05, 0) is 36.8 Å². The number of carbonyl (C=O) groups excluding carboxylic acids is 2. The third-order valence-electron chi connectivity index (χ3n) is 5.43. The van der Waals surface area contributed by atoms with Crippen molar-refractivity contribution >= 4 is 11.7 Å². The van der Waals surface area contributed by atoms with Crippen molar-refractivity contribution in [1.82, 2.24) is 9.47 Å². The average Bonchev–Trinajstić information content (AvgIpc) is 2.89. The van der Waals surface area contributed by atoms with Crippen molar-refractivity contribution in [3.63, 3.8) is 0 Å². The molecule has 2 aromatic rings. The van der Waals surface area contributed by atoms with Crippen LogP contribution < -0.4 is 0 Å². The Morgan fingerprint density at radius 2 is 1.89 bits per heavy atom. The number of amides is 1. The molecule has 144 valence electrons. The predicted molar refractivity (Wildman–Crippen MR) is 108 cm³/mol. The summed E-state index contributed by atoms with van der Waals surface area (Å²) >= 11 is 0. The molecule has 0 atom stereocenters. The number of hydrogen-bond acceptors (Lipinski definition) is 2. The third kappa shape index (κ3) is 4.15. The number of rotatable bonds is 6. The summed E-state index contributed by atoms with van der Waals surface area (Å²) in [5, 5.41) is 0. The van der Waals surface area contributed by atoms with Crippen molar-refractivity contribution in [1.29, 1.82) is 0 Å². The van der Waals surface area contributed by atoms with Gasteiger partial charge in [-0.2, -0.15) is 0 Å². The minimum atomic E-state index is 0.0878. The SMILES string of the molecule is Cc1c(CC(=O)N(C)CC(C)C)c2c(n1Cc1ccccc1)CCCC2=O. The van der Waals surface area contributed by atoms with Gasteiger partial charge in [0, 0.05) is 43.5 Å². The molecule has 0 saturated heterocycles. The van der Waals surface area contributed by atoms with Gasteiger partial charge in [0.05, 0.1) is 6.42 Å². The molecule has 0 aliphatic heterocycles. The van der Waals surface area contributed by atoms with Crippen molar-refractivity contribution in [2.45, 2.75) is 53.0 Å². The van der Waals surface area contributed by atoms with Crippen LogP contribution in [0, 0.1) is 12.8 Å². The number of hydrogen-bond donors (Lipinski definition) is 0. The predicted octanol–water partition coefficient (Wildman–Crippen LogP) is 4.02. The quantitative estimate of drug-likeness (QED) is 0.775. The second-order valence-corrected chi connectivity index (χ2v) is 8.08. The Labute approximate surface area is 162 Å². The zero-order valence-corrected chi connectivity index (χ0v) is 16.9.